The van der Waals surface area contributed by atoms with E-state index in [2.05, 4.69) is 42.7 Å². The number of hydrogen-bond acceptors (Lipinski definition) is 7. The van der Waals surface area contributed by atoms with E-state index in [4.69, 9.17) is 0 Å². The van der Waals surface area contributed by atoms with E-state index >= 15 is 0 Å². The molecule has 25 heavy (non-hydrogen) atoms. The molecule has 0 aliphatic carbocycles. The number of nitrogens with one attached hydrogen (secondary N) is 2. The summed E-state index contributed by atoms with van der Waals surface area (Å²) in [5.41, 5.74) is 3.66. The van der Waals surface area contributed by atoms with Crippen molar-refractivity contribution in [2.24, 2.45) is 0 Å². The van der Waals surface area contributed by atoms with Crippen LogP contribution in [0.2, 0.25) is 0 Å². The average Bonchev–Trinajstić information content (AvgIpc) is 3.04. The molecular formula is C18H22N6S. The second kappa shape index (κ2) is 7.57. The van der Waals surface area contributed by atoms with Gasteiger partial charge >= 0.3 is 0 Å². The lowest BCUT2D eigenvalue weighted by Crippen LogP contribution is -2.04. The van der Waals surface area contributed by atoms with Crippen LogP contribution in [0.5, 0.6) is 0 Å². The van der Waals surface area contributed by atoms with Gasteiger partial charge in [0.25, 0.3) is 0 Å². The van der Waals surface area contributed by atoms with Crippen LogP contribution in [0.25, 0.3) is 0 Å². The second-order valence-corrected chi connectivity index (χ2v) is 7.22. The summed E-state index contributed by atoms with van der Waals surface area (Å²) in [6.07, 6.45) is 3.57. The molecule has 3 heterocycles. The molecule has 2 N–H and O–H groups in total. The van der Waals surface area contributed by atoms with Crippen molar-refractivity contribution >= 4 is 23.0 Å². The normalized spacial score (nSPS) is 10.7. The molecule has 0 fully saturated rings. The highest BCUT2D eigenvalue weighted by atomic mass is 32.1. The maximum Gasteiger partial charge on any atom is 0.148 e. The van der Waals surface area contributed by atoms with Crippen molar-refractivity contribution in [1.82, 2.24) is 19.9 Å². The monoisotopic (exact) mass is 354 g/mol. The van der Waals surface area contributed by atoms with Crippen LogP contribution in [0, 0.1) is 27.7 Å². The summed E-state index contributed by atoms with van der Waals surface area (Å²) in [7, 11) is 0. The van der Waals surface area contributed by atoms with E-state index in [0.717, 1.165) is 47.5 Å². The fourth-order valence-electron chi connectivity index (χ4n) is 2.36. The summed E-state index contributed by atoms with van der Waals surface area (Å²) in [5, 5.41) is 6.74. The van der Waals surface area contributed by atoms with E-state index in [9.17, 15) is 0 Å². The van der Waals surface area contributed by atoms with Crippen molar-refractivity contribution in [2.45, 2.75) is 40.8 Å². The molecule has 0 saturated carbocycles. The van der Waals surface area contributed by atoms with Gasteiger partial charge in [-0.05, 0) is 39.8 Å². The minimum atomic E-state index is 0.743. The number of rotatable bonds is 6. The zero-order chi connectivity index (χ0) is 17.8. The first kappa shape index (κ1) is 17.3. The van der Waals surface area contributed by atoms with Crippen LogP contribution in [0.4, 0.5) is 11.6 Å². The lowest BCUT2D eigenvalue weighted by molar-refractivity contribution is 1.03. The third-order valence-corrected chi connectivity index (χ3v) is 4.81. The Morgan fingerprint density at radius 2 is 1.20 bits per heavy atom. The first-order valence-corrected chi connectivity index (χ1v) is 8.99. The fourth-order valence-corrected chi connectivity index (χ4v) is 3.26. The summed E-state index contributed by atoms with van der Waals surface area (Å²) >= 11 is 1.77. The van der Waals surface area contributed by atoms with Crippen LogP contribution >= 0.6 is 11.3 Å². The van der Waals surface area contributed by atoms with Crippen LogP contribution in [-0.4, -0.2) is 19.9 Å². The zero-order valence-corrected chi connectivity index (χ0v) is 15.7. The van der Waals surface area contributed by atoms with Gasteiger partial charge in [-0.1, -0.05) is 0 Å². The molecule has 3 aromatic rings. The molecule has 0 aromatic carbocycles. The molecule has 0 amide bonds. The third kappa shape index (κ3) is 4.51. The molecular weight excluding hydrogens is 332 g/mol. The highest BCUT2D eigenvalue weighted by Crippen LogP contribution is 2.20. The highest BCUT2D eigenvalue weighted by Gasteiger charge is 2.06. The molecule has 0 bridgehead atoms. The lowest BCUT2D eigenvalue weighted by atomic mass is 10.3. The predicted molar refractivity (Wildman–Crippen MR) is 102 cm³/mol. The molecule has 0 aliphatic rings. The number of nitrogens with zero attached hydrogens (tertiary/aromatic N) is 4. The molecule has 0 spiro atoms. The van der Waals surface area contributed by atoms with E-state index in [1.165, 1.54) is 9.75 Å². The van der Waals surface area contributed by atoms with Gasteiger partial charge in [0.05, 0.1) is 35.9 Å². The SMILES string of the molecule is Cc1cnc(C)c(NCc2ccc(CNc3nc(C)cnc3C)s2)n1. The standard InChI is InChI=1S/C18H22N6S/c1-11-7-19-13(3)17(23-11)21-9-15-5-6-16(25-15)10-22-18-14(4)20-8-12(2)24-18/h5-8H,9-10H2,1-4H3,(H,21,23)(H,22,24). The van der Waals surface area contributed by atoms with Gasteiger partial charge in [0.1, 0.15) is 11.6 Å². The van der Waals surface area contributed by atoms with Crippen molar-refractivity contribution in [3.05, 3.63) is 57.1 Å². The Bertz CT molecular complexity index is 804. The number of thiophene rings is 1. The van der Waals surface area contributed by atoms with Crippen molar-refractivity contribution in [3.63, 3.8) is 0 Å². The Kier molecular flexibility index (Phi) is 5.23. The Morgan fingerprint density at radius 3 is 1.64 bits per heavy atom. The van der Waals surface area contributed by atoms with Gasteiger partial charge in [0.15, 0.2) is 0 Å². The Hall–Kier alpha value is -2.54. The summed E-state index contributed by atoms with van der Waals surface area (Å²) in [4.78, 5) is 20.2. The van der Waals surface area contributed by atoms with Gasteiger partial charge in [-0.25, -0.2) is 9.97 Å². The summed E-state index contributed by atoms with van der Waals surface area (Å²) in [6.45, 7) is 9.30. The van der Waals surface area contributed by atoms with Crippen molar-refractivity contribution in [1.29, 1.82) is 0 Å². The number of anilines is 2. The Labute approximate surface area is 151 Å². The highest BCUT2D eigenvalue weighted by molar-refractivity contribution is 7.12. The summed E-state index contributed by atoms with van der Waals surface area (Å²) in [6, 6.07) is 4.28. The van der Waals surface area contributed by atoms with Gasteiger partial charge in [0.2, 0.25) is 0 Å². The van der Waals surface area contributed by atoms with Gasteiger partial charge in [-0.2, -0.15) is 0 Å². The molecule has 7 heteroatoms. The summed E-state index contributed by atoms with van der Waals surface area (Å²) in [5.74, 6) is 1.69. The van der Waals surface area contributed by atoms with Crippen LogP contribution < -0.4 is 10.6 Å². The minimum Gasteiger partial charge on any atom is -0.364 e. The first-order chi connectivity index (χ1) is 12.0. The number of hydrogen-bond donors (Lipinski definition) is 2. The van der Waals surface area contributed by atoms with E-state index in [-0.39, 0.29) is 0 Å². The van der Waals surface area contributed by atoms with Crippen LogP contribution in [0.1, 0.15) is 32.5 Å². The maximum absolute atomic E-state index is 4.49. The Balaban J connectivity index is 1.59. The largest absolute Gasteiger partial charge is 0.364 e. The zero-order valence-electron chi connectivity index (χ0n) is 14.9. The molecule has 0 unspecified atom stereocenters. The molecule has 0 radical (unpaired) electrons. The molecule has 3 aromatic heterocycles. The molecule has 0 saturated heterocycles. The van der Waals surface area contributed by atoms with E-state index < -0.39 is 0 Å². The van der Waals surface area contributed by atoms with Crippen molar-refractivity contribution < 1.29 is 0 Å². The van der Waals surface area contributed by atoms with Crippen LogP contribution in [0.3, 0.4) is 0 Å². The molecule has 0 atom stereocenters. The first-order valence-electron chi connectivity index (χ1n) is 8.17. The quantitative estimate of drug-likeness (QED) is 0.701. The molecule has 6 nitrogen and oxygen atoms in total. The van der Waals surface area contributed by atoms with Gasteiger partial charge in [0, 0.05) is 22.1 Å². The second-order valence-electron chi connectivity index (χ2n) is 5.97. The minimum absolute atomic E-state index is 0.743. The van der Waals surface area contributed by atoms with Crippen molar-refractivity contribution in [2.75, 3.05) is 10.6 Å². The smallest absolute Gasteiger partial charge is 0.148 e. The molecule has 0 aliphatic heterocycles. The van der Waals surface area contributed by atoms with Crippen molar-refractivity contribution in [3.8, 4) is 0 Å². The average molecular weight is 354 g/mol. The lowest BCUT2D eigenvalue weighted by Gasteiger charge is -2.08. The van der Waals surface area contributed by atoms with E-state index in [1.807, 2.05) is 27.7 Å². The van der Waals surface area contributed by atoms with E-state index in [1.54, 1.807) is 23.7 Å². The molecule has 3 rings (SSSR count). The Morgan fingerprint density at radius 1 is 0.760 bits per heavy atom. The van der Waals surface area contributed by atoms with E-state index in [0.29, 0.717) is 0 Å². The predicted octanol–water partition coefficient (Wildman–Crippen LogP) is 3.79. The van der Waals surface area contributed by atoms with Crippen LogP contribution in [0.15, 0.2) is 24.5 Å². The fraction of sp³-hybridized carbons (Fsp3) is 0.333. The maximum atomic E-state index is 4.49. The topological polar surface area (TPSA) is 75.6 Å². The summed E-state index contributed by atoms with van der Waals surface area (Å²) < 4.78 is 0. The number of aryl methyl sites for hydroxylation is 4. The molecule has 130 valence electrons. The van der Waals surface area contributed by atoms with Gasteiger partial charge in [-0.15, -0.1) is 11.3 Å². The van der Waals surface area contributed by atoms with Crippen LogP contribution in [-0.2, 0) is 13.1 Å². The number of aromatic nitrogens is 4. The third-order valence-electron chi connectivity index (χ3n) is 3.73. The van der Waals surface area contributed by atoms with Gasteiger partial charge < -0.3 is 10.6 Å². The van der Waals surface area contributed by atoms with Gasteiger partial charge in [-0.3, -0.25) is 9.97 Å².